The molecule has 0 heterocycles. The van der Waals surface area contributed by atoms with Crippen molar-refractivity contribution >= 4 is 16.7 Å². The fraction of sp³-hybridized carbons (Fsp3) is 0.190. The molecule has 0 aromatic heterocycles. The number of carbonyl (C=O) groups excluding carboxylic acids is 1. The van der Waals surface area contributed by atoms with Gasteiger partial charge in [0.1, 0.15) is 11.6 Å². The summed E-state index contributed by atoms with van der Waals surface area (Å²) in [6.07, 6.45) is 0. The summed E-state index contributed by atoms with van der Waals surface area (Å²) in [6, 6.07) is 20.1. The van der Waals surface area contributed by atoms with Crippen molar-refractivity contribution in [2.75, 3.05) is 13.2 Å². The van der Waals surface area contributed by atoms with E-state index >= 15 is 0 Å². The Labute approximate surface area is 146 Å². The highest BCUT2D eigenvalue weighted by Crippen LogP contribution is 2.20. The molecule has 0 spiro atoms. The van der Waals surface area contributed by atoms with Gasteiger partial charge in [0, 0.05) is 6.54 Å². The second kappa shape index (κ2) is 7.79. The second-order valence-electron chi connectivity index (χ2n) is 6.05. The van der Waals surface area contributed by atoms with E-state index in [0.717, 1.165) is 16.3 Å². The largest absolute Gasteiger partial charge is 0.484 e. The molecule has 1 amide bonds. The average molecular weight is 337 g/mol. The molecule has 0 bridgehead atoms. The van der Waals surface area contributed by atoms with Gasteiger partial charge in [0.25, 0.3) is 5.91 Å². The highest BCUT2D eigenvalue weighted by Gasteiger charge is 2.09. The predicted octanol–water partition coefficient (Wildman–Crippen LogP) is 4.28. The molecule has 0 aliphatic carbocycles. The van der Waals surface area contributed by atoms with Crippen LogP contribution in [0.3, 0.4) is 0 Å². The van der Waals surface area contributed by atoms with Crippen molar-refractivity contribution in [2.24, 2.45) is 0 Å². The summed E-state index contributed by atoms with van der Waals surface area (Å²) in [5.74, 6) is 0.330. The zero-order valence-corrected chi connectivity index (χ0v) is 14.0. The summed E-state index contributed by atoms with van der Waals surface area (Å²) >= 11 is 0. The number of carbonyl (C=O) groups is 1. The summed E-state index contributed by atoms with van der Waals surface area (Å²) in [5, 5.41) is 5.05. The Kier molecular flexibility index (Phi) is 5.29. The second-order valence-corrected chi connectivity index (χ2v) is 6.05. The Balaban J connectivity index is 1.49. The van der Waals surface area contributed by atoms with Gasteiger partial charge in [0.15, 0.2) is 6.61 Å². The van der Waals surface area contributed by atoms with Crippen molar-refractivity contribution in [1.82, 2.24) is 5.32 Å². The molecular formula is C21H20FNO2. The molecule has 0 saturated carbocycles. The van der Waals surface area contributed by atoms with Gasteiger partial charge in [0.05, 0.1) is 0 Å². The quantitative estimate of drug-likeness (QED) is 0.729. The SMILES string of the molecule is CC(CNC(=O)COc1ccc2ccccc2c1)c1ccc(F)cc1. The third kappa shape index (κ3) is 4.57. The molecule has 3 rings (SSSR count). The number of halogens is 1. The molecular weight excluding hydrogens is 317 g/mol. The molecule has 3 aromatic rings. The number of hydrogen-bond donors (Lipinski definition) is 1. The van der Waals surface area contributed by atoms with Crippen molar-refractivity contribution in [1.29, 1.82) is 0 Å². The Morgan fingerprint density at radius 3 is 2.52 bits per heavy atom. The lowest BCUT2D eigenvalue weighted by atomic mass is 10.0. The van der Waals surface area contributed by atoms with Gasteiger partial charge < -0.3 is 10.1 Å². The first-order chi connectivity index (χ1) is 12.1. The molecule has 0 saturated heterocycles. The van der Waals surface area contributed by atoms with E-state index in [9.17, 15) is 9.18 Å². The zero-order chi connectivity index (χ0) is 17.6. The molecule has 1 unspecified atom stereocenters. The third-order valence-electron chi connectivity index (χ3n) is 4.14. The molecule has 0 radical (unpaired) electrons. The number of ether oxygens (including phenoxy) is 1. The standard InChI is InChI=1S/C21H20FNO2/c1-15(16-6-9-19(22)10-7-16)13-23-21(24)14-25-20-11-8-17-4-2-3-5-18(17)12-20/h2-12,15H,13-14H2,1H3,(H,23,24). The van der Waals surface area contributed by atoms with Crippen LogP contribution in [0.5, 0.6) is 5.75 Å². The molecule has 3 aromatic carbocycles. The molecule has 4 heteroatoms. The van der Waals surface area contributed by atoms with Crippen molar-refractivity contribution in [2.45, 2.75) is 12.8 Å². The Hall–Kier alpha value is -2.88. The zero-order valence-electron chi connectivity index (χ0n) is 14.0. The van der Waals surface area contributed by atoms with Gasteiger partial charge in [-0.15, -0.1) is 0 Å². The van der Waals surface area contributed by atoms with E-state index in [1.807, 2.05) is 49.4 Å². The average Bonchev–Trinajstić information content (AvgIpc) is 2.65. The summed E-state index contributed by atoms with van der Waals surface area (Å²) < 4.78 is 18.5. The van der Waals surface area contributed by atoms with E-state index in [0.29, 0.717) is 12.3 Å². The highest BCUT2D eigenvalue weighted by atomic mass is 19.1. The van der Waals surface area contributed by atoms with Gasteiger partial charge in [0.2, 0.25) is 0 Å². The lowest BCUT2D eigenvalue weighted by molar-refractivity contribution is -0.123. The van der Waals surface area contributed by atoms with E-state index < -0.39 is 0 Å². The van der Waals surface area contributed by atoms with Gasteiger partial charge in [-0.05, 0) is 46.5 Å². The van der Waals surface area contributed by atoms with Crippen LogP contribution >= 0.6 is 0 Å². The van der Waals surface area contributed by atoms with E-state index in [2.05, 4.69) is 5.32 Å². The summed E-state index contributed by atoms with van der Waals surface area (Å²) in [4.78, 5) is 12.0. The van der Waals surface area contributed by atoms with Crippen LogP contribution in [0.15, 0.2) is 66.7 Å². The van der Waals surface area contributed by atoms with Crippen LogP contribution in [0.4, 0.5) is 4.39 Å². The Morgan fingerprint density at radius 1 is 1.04 bits per heavy atom. The minimum Gasteiger partial charge on any atom is -0.484 e. The van der Waals surface area contributed by atoms with Gasteiger partial charge in [-0.25, -0.2) is 4.39 Å². The number of hydrogen-bond acceptors (Lipinski definition) is 2. The van der Waals surface area contributed by atoms with Gasteiger partial charge >= 0.3 is 0 Å². The van der Waals surface area contributed by atoms with Gasteiger partial charge in [-0.1, -0.05) is 49.4 Å². The van der Waals surface area contributed by atoms with Crippen molar-refractivity contribution < 1.29 is 13.9 Å². The lowest BCUT2D eigenvalue weighted by Crippen LogP contribution is -2.31. The van der Waals surface area contributed by atoms with Crippen LogP contribution in [0.1, 0.15) is 18.4 Å². The molecule has 25 heavy (non-hydrogen) atoms. The monoisotopic (exact) mass is 337 g/mol. The van der Waals surface area contributed by atoms with Crippen LogP contribution in [0, 0.1) is 5.82 Å². The van der Waals surface area contributed by atoms with Crippen LogP contribution in [-0.2, 0) is 4.79 Å². The molecule has 0 aliphatic rings. The fourth-order valence-electron chi connectivity index (χ4n) is 2.63. The third-order valence-corrected chi connectivity index (χ3v) is 4.14. The normalized spacial score (nSPS) is 11.9. The highest BCUT2D eigenvalue weighted by molar-refractivity contribution is 5.84. The van der Waals surface area contributed by atoms with Crippen LogP contribution in [0.25, 0.3) is 10.8 Å². The summed E-state index contributed by atoms with van der Waals surface area (Å²) in [6.45, 7) is 2.43. The first-order valence-corrected chi connectivity index (χ1v) is 8.25. The maximum atomic E-state index is 12.9. The lowest BCUT2D eigenvalue weighted by Gasteiger charge is -2.13. The summed E-state index contributed by atoms with van der Waals surface area (Å²) in [7, 11) is 0. The maximum absolute atomic E-state index is 12.9. The van der Waals surface area contributed by atoms with E-state index in [1.54, 1.807) is 12.1 Å². The molecule has 1 N–H and O–H groups in total. The van der Waals surface area contributed by atoms with Crippen molar-refractivity contribution in [3.8, 4) is 5.75 Å². The van der Waals surface area contributed by atoms with Gasteiger partial charge in [-0.3, -0.25) is 4.79 Å². The number of rotatable bonds is 6. The number of nitrogens with one attached hydrogen (secondary N) is 1. The Morgan fingerprint density at radius 2 is 1.76 bits per heavy atom. The molecule has 1 atom stereocenters. The predicted molar refractivity (Wildman–Crippen MR) is 97.3 cm³/mol. The molecule has 0 fully saturated rings. The van der Waals surface area contributed by atoms with E-state index in [4.69, 9.17) is 4.74 Å². The number of fused-ring (bicyclic) bond motifs is 1. The topological polar surface area (TPSA) is 38.3 Å². The molecule has 128 valence electrons. The minimum atomic E-state index is -0.260. The first kappa shape index (κ1) is 17.0. The maximum Gasteiger partial charge on any atom is 0.257 e. The van der Waals surface area contributed by atoms with E-state index in [1.165, 1.54) is 12.1 Å². The van der Waals surface area contributed by atoms with Gasteiger partial charge in [-0.2, -0.15) is 0 Å². The number of amides is 1. The van der Waals surface area contributed by atoms with Crippen LogP contribution in [0.2, 0.25) is 0 Å². The Bertz CT molecular complexity index is 861. The first-order valence-electron chi connectivity index (χ1n) is 8.25. The molecule has 0 aliphatic heterocycles. The fourth-order valence-corrected chi connectivity index (χ4v) is 2.63. The van der Waals surface area contributed by atoms with Crippen LogP contribution in [-0.4, -0.2) is 19.1 Å². The smallest absolute Gasteiger partial charge is 0.257 e. The minimum absolute atomic E-state index is 0.0333. The molecule has 3 nitrogen and oxygen atoms in total. The van der Waals surface area contributed by atoms with Crippen LogP contribution < -0.4 is 10.1 Å². The van der Waals surface area contributed by atoms with Crippen molar-refractivity contribution in [3.63, 3.8) is 0 Å². The number of benzene rings is 3. The summed E-state index contributed by atoms with van der Waals surface area (Å²) in [5.41, 5.74) is 0.983. The van der Waals surface area contributed by atoms with E-state index in [-0.39, 0.29) is 24.2 Å². The van der Waals surface area contributed by atoms with Crippen molar-refractivity contribution in [3.05, 3.63) is 78.1 Å².